The second-order valence-electron chi connectivity index (χ2n) is 4.91. The number of primary amides is 1. The number of anilines is 1. The number of ether oxygens (including phenoxy) is 1. The minimum absolute atomic E-state index is 0.0133. The first kappa shape index (κ1) is 19.6. The molecule has 0 aliphatic rings. The molecular weight excluding hydrogens is 476 g/mol. The summed E-state index contributed by atoms with van der Waals surface area (Å²) in [6.45, 7) is -0.314. The van der Waals surface area contributed by atoms with Crippen molar-refractivity contribution in [2.75, 3.05) is 18.1 Å². The number of thiophene rings is 1. The Kier molecular flexibility index (Phi) is 7.15. The van der Waals surface area contributed by atoms with E-state index in [-0.39, 0.29) is 13.0 Å². The zero-order valence-corrected chi connectivity index (χ0v) is 16.9. The average molecular weight is 490 g/mol. The second kappa shape index (κ2) is 9.12. The van der Waals surface area contributed by atoms with E-state index in [9.17, 15) is 14.4 Å². The fraction of sp³-hybridized carbons (Fsp3) is 0.188. The number of hydrogen-bond donors (Lipinski definition) is 1. The lowest BCUT2D eigenvalue weighted by atomic mass is 10.2. The highest BCUT2D eigenvalue weighted by atomic mass is 79.9. The molecule has 0 radical (unpaired) electrons. The normalized spacial score (nSPS) is 10.3. The lowest BCUT2D eigenvalue weighted by molar-refractivity contribution is -0.121. The van der Waals surface area contributed by atoms with Gasteiger partial charge in [-0.3, -0.25) is 9.59 Å². The number of para-hydroxylation sites is 1. The Morgan fingerprint density at radius 2 is 1.84 bits per heavy atom. The zero-order chi connectivity index (χ0) is 18.4. The Balaban J connectivity index is 2.03. The van der Waals surface area contributed by atoms with Gasteiger partial charge in [0.05, 0.1) is 3.79 Å². The van der Waals surface area contributed by atoms with Gasteiger partial charge in [0.2, 0.25) is 5.91 Å². The molecule has 0 saturated heterocycles. The lowest BCUT2D eigenvalue weighted by Crippen LogP contribution is -2.37. The Morgan fingerprint density at radius 3 is 2.40 bits per heavy atom. The second-order valence-corrected chi connectivity index (χ2v) is 8.13. The summed E-state index contributed by atoms with van der Waals surface area (Å²) in [6.07, 6.45) is 0.0133. The van der Waals surface area contributed by atoms with E-state index < -0.39 is 24.4 Å². The van der Waals surface area contributed by atoms with E-state index in [2.05, 4.69) is 31.9 Å². The van der Waals surface area contributed by atoms with Crippen LogP contribution in [0.25, 0.3) is 0 Å². The van der Waals surface area contributed by atoms with E-state index in [0.717, 1.165) is 8.26 Å². The Hall–Kier alpha value is -1.71. The van der Waals surface area contributed by atoms with Gasteiger partial charge >= 0.3 is 5.97 Å². The molecule has 2 amide bonds. The first-order valence-electron chi connectivity index (χ1n) is 7.14. The predicted octanol–water partition coefficient (Wildman–Crippen LogP) is 3.34. The van der Waals surface area contributed by atoms with Gasteiger partial charge < -0.3 is 15.4 Å². The highest BCUT2D eigenvalue weighted by Crippen LogP contribution is 2.32. The lowest BCUT2D eigenvalue weighted by Gasteiger charge is -2.22. The fourth-order valence-electron chi connectivity index (χ4n) is 1.95. The molecule has 2 rings (SSSR count). The van der Waals surface area contributed by atoms with Crippen LogP contribution in [-0.2, 0) is 14.3 Å². The number of rotatable bonds is 7. The van der Waals surface area contributed by atoms with Crippen LogP contribution in [0.3, 0.4) is 0 Å². The maximum absolute atomic E-state index is 12.4. The van der Waals surface area contributed by atoms with Gasteiger partial charge in [-0.15, -0.1) is 11.3 Å². The van der Waals surface area contributed by atoms with Crippen LogP contribution in [0.5, 0.6) is 0 Å². The van der Waals surface area contributed by atoms with Crippen molar-refractivity contribution in [1.29, 1.82) is 0 Å². The Morgan fingerprint density at radius 1 is 1.16 bits per heavy atom. The smallest absolute Gasteiger partial charge is 0.348 e. The molecule has 2 N–H and O–H groups in total. The molecule has 6 nitrogen and oxygen atoms in total. The van der Waals surface area contributed by atoms with Crippen molar-refractivity contribution in [3.8, 4) is 0 Å². The Bertz CT molecular complexity index is 760. The van der Waals surface area contributed by atoms with Gasteiger partial charge in [-0.25, -0.2) is 4.79 Å². The summed E-state index contributed by atoms with van der Waals surface area (Å²) >= 11 is 7.79. The van der Waals surface area contributed by atoms with Crippen LogP contribution in [0.2, 0.25) is 0 Å². The molecule has 2 aromatic rings. The molecule has 0 aliphatic heterocycles. The first-order chi connectivity index (χ1) is 11.9. The first-order valence-corrected chi connectivity index (χ1v) is 9.54. The number of amides is 2. The van der Waals surface area contributed by atoms with Crippen LogP contribution < -0.4 is 10.6 Å². The van der Waals surface area contributed by atoms with Crippen molar-refractivity contribution in [1.82, 2.24) is 0 Å². The van der Waals surface area contributed by atoms with Gasteiger partial charge in [0.15, 0.2) is 6.61 Å². The standard InChI is InChI=1S/C16H14Br2N2O4S/c17-11-8-12(25-15(11)18)16(23)24-9-14(22)20(7-6-13(19)21)10-4-2-1-3-5-10/h1-5,8H,6-7,9H2,(H2,19,21). The molecule has 1 heterocycles. The third-order valence-corrected chi connectivity index (χ3v) is 6.36. The predicted molar refractivity (Wildman–Crippen MR) is 103 cm³/mol. The molecule has 0 fully saturated rings. The molecule has 0 unspecified atom stereocenters. The third kappa shape index (κ3) is 5.65. The minimum atomic E-state index is -0.590. The zero-order valence-electron chi connectivity index (χ0n) is 12.9. The fourth-order valence-corrected chi connectivity index (χ4v) is 3.88. The van der Waals surface area contributed by atoms with E-state index in [1.165, 1.54) is 16.2 Å². The largest absolute Gasteiger partial charge is 0.451 e. The molecule has 0 saturated carbocycles. The van der Waals surface area contributed by atoms with Crippen molar-refractivity contribution in [3.05, 3.63) is 49.5 Å². The summed E-state index contributed by atoms with van der Waals surface area (Å²) in [5.41, 5.74) is 5.77. The number of halogens is 2. The number of nitrogens with two attached hydrogens (primary N) is 1. The van der Waals surface area contributed by atoms with Gasteiger partial charge in [0.25, 0.3) is 5.91 Å². The van der Waals surface area contributed by atoms with Crippen LogP contribution in [0.1, 0.15) is 16.1 Å². The molecule has 25 heavy (non-hydrogen) atoms. The number of benzene rings is 1. The van der Waals surface area contributed by atoms with Gasteiger partial charge in [-0.2, -0.15) is 0 Å². The molecule has 9 heteroatoms. The topological polar surface area (TPSA) is 89.7 Å². The minimum Gasteiger partial charge on any atom is -0.451 e. The maximum Gasteiger partial charge on any atom is 0.348 e. The van der Waals surface area contributed by atoms with E-state index in [1.54, 1.807) is 30.3 Å². The monoisotopic (exact) mass is 488 g/mol. The number of carbonyl (C=O) groups excluding carboxylic acids is 3. The van der Waals surface area contributed by atoms with Gasteiger partial charge in [-0.1, -0.05) is 18.2 Å². The molecule has 132 valence electrons. The summed E-state index contributed by atoms with van der Waals surface area (Å²) < 4.78 is 6.59. The van der Waals surface area contributed by atoms with E-state index in [0.29, 0.717) is 10.6 Å². The van der Waals surface area contributed by atoms with Gasteiger partial charge in [0.1, 0.15) is 4.88 Å². The van der Waals surface area contributed by atoms with Crippen molar-refractivity contribution < 1.29 is 19.1 Å². The van der Waals surface area contributed by atoms with Crippen molar-refractivity contribution in [2.45, 2.75) is 6.42 Å². The molecule has 1 aromatic heterocycles. The number of nitrogens with zero attached hydrogens (tertiary/aromatic N) is 1. The molecule has 1 aromatic carbocycles. The summed E-state index contributed by atoms with van der Waals surface area (Å²) in [6, 6.07) is 10.4. The third-order valence-electron chi connectivity index (χ3n) is 3.12. The van der Waals surface area contributed by atoms with E-state index in [4.69, 9.17) is 10.5 Å². The maximum atomic E-state index is 12.4. The molecule has 0 atom stereocenters. The summed E-state index contributed by atoms with van der Waals surface area (Å²) in [4.78, 5) is 37.3. The van der Waals surface area contributed by atoms with Crippen molar-refractivity contribution in [3.63, 3.8) is 0 Å². The molecule has 0 aliphatic carbocycles. The molecule has 0 spiro atoms. The Labute approximate surface area is 165 Å². The van der Waals surface area contributed by atoms with Crippen LogP contribution in [0.15, 0.2) is 44.7 Å². The summed E-state index contributed by atoms with van der Waals surface area (Å²) in [5.74, 6) is -1.54. The SMILES string of the molecule is NC(=O)CCN(C(=O)COC(=O)c1cc(Br)c(Br)s1)c1ccccc1. The van der Waals surface area contributed by atoms with E-state index in [1.807, 2.05) is 6.07 Å². The highest BCUT2D eigenvalue weighted by molar-refractivity contribution is 9.13. The van der Waals surface area contributed by atoms with Crippen LogP contribution in [0.4, 0.5) is 5.69 Å². The van der Waals surface area contributed by atoms with Gasteiger partial charge in [-0.05, 0) is 50.1 Å². The van der Waals surface area contributed by atoms with Crippen molar-refractivity contribution in [2.24, 2.45) is 5.73 Å². The highest BCUT2D eigenvalue weighted by Gasteiger charge is 2.20. The van der Waals surface area contributed by atoms with Crippen LogP contribution in [0, 0.1) is 0 Å². The average Bonchev–Trinajstić information content (AvgIpc) is 2.92. The van der Waals surface area contributed by atoms with Crippen molar-refractivity contribution >= 4 is 66.7 Å². The van der Waals surface area contributed by atoms with Gasteiger partial charge in [0, 0.05) is 23.1 Å². The summed E-state index contributed by atoms with van der Waals surface area (Å²) in [7, 11) is 0. The molecule has 0 bridgehead atoms. The van der Waals surface area contributed by atoms with E-state index >= 15 is 0 Å². The molecular formula is C16H14Br2N2O4S. The summed E-state index contributed by atoms with van der Waals surface area (Å²) in [5, 5.41) is 0. The number of carbonyl (C=O) groups is 3. The quantitative estimate of drug-likeness (QED) is 0.604. The van der Waals surface area contributed by atoms with Crippen LogP contribution >= 0.6 is 43.2 Å². The van der Waals surface area contributed by atoms with Crippen LogP contribution in [-0.4, -0.2) is 30.9 Å². The number of esters is 1. The number of hydrogen-bond acceptors (Lipinski definition) is 5.